The summed E-state index contributed by atoms with van der Waals surface area (Å²) in [5.41, 5.74) is 2.05. The fraction of sp³-hybridized carbons (Fsp3) is 0.294. The van der Waals surface area contributed by atoms with Gasteiger partial charge in [0.15, 0.2) is 11.5 Å². The molecule has 1 atom stereocenters. The molecule has 0 radical (unpaired) electrons. The van der Waals surface area contributed by atoms with Crippen molar-refractivity contribution >= 4 is 0 Å². The predicted octanol–water partition coefficient (Wildman–Crippen LogP) is 3.02. The van der Waals surface area contributed by atoms with Crippen LogP contribution in [0.2, 0.25) is 0 Å². The number of para-hydroxylation sites is 2. The zero-order valence-corrected chi connectivity index (χ0v) is 12.8. The minimum Gasteiger partial charge on any atom is -0.496 e. The molecule has 0 amide bonds. The average Bonchev–Trinajstić information content (AvgIpc) is 2.55. The molecule has 2 aromatic rings. The third-order valence-corrected chi connectivity index (χ3v) is 3.48. The zero-order chi connectivity index (χ0) is 15.2. The maximum atomic E-state index is 5.54. The van der Waals surface area contributed by atoms with Gasteiger partial charge in [-0.2, -0.15) is 0 Å². The van der Waals surface area contributed by atoms with E-state index in [2.05, 4.69) is 5.32 Å². The minimum absolute atomic E-state index is 0.0498. The number of ether oxygens (including phenoxy) is 3. The standard InChI is InChI=1S/C17H21NO3/c1-18-16(12-8-5-6-10-14(12)19-2)13-9-7-11-15(20-3)17(13)21-4/h5-11,16,18H,1-4H3. The van der Waals surface area contributed by atoms with Gasteiger partial charge in [0.25, 0.3) is 0 Å². The molecule has 0 saturated carbocycles. The van der Waals surface area contributed by atoms with Crippen molar-refractivity contribution in [1.29, 1.82) is 0 Å². The molecule has 2 rings (SSSR count). The highest BCUT2D eigenvalue weighted by atomic mass is 16.5. The van der Waals surface area contributed by atoms with Gasteiger partial charge in [-0.15, -0.1) is 0 Å². The third-order valence-electron chi connectivity index (χ3n) is 3.48. The summed E-state index contributed by atoms with van der Waals surface area (Å²) in [6.07, 6.45) is 0. The van der Waals surface area contributed by atoms with Crippen molar-refractivity contribution in [2.45, 2.75) is 6.04 Å². The summed E-state index contributed by atoms with van der Waals surface area (Å²) in [7, 11) is 6.87. The highest BCUT2D eigenvalue weighted by Crippen LogP contribution is 2.39. The van der Waals surface area contributed by atoms with Crippen LogP contribution < -0.4 is 19.5 Å². The monoisotopic (exact) mass is 287 g/mol. The zero-order valence-electron chi connectivity index (χ0n) is 12.8. The van der Waals surface area contributed by atoms with Gasteiger partial charge in [0.2, 0.25) is 0 Å². The third kappa shape index (κ3) is 2.95. The maximum absolute atomic E-state index is 5.54. The molecule has 0 saturated heterocycles. The van der Waals surface area contributed by atoms with Gasteiger partial charge >= 0.3 is 0 Å². The van der Waals surface area contributed by atoms with E-state index in [4.69, 9.17) is 14.2 Å². The molecule has 1 unspecified atom stereocenters. The lowest BCUT2D eigenvalue weighted by molar-refractivity contribution is 0.348. The summed E-state index contributed by atoms with van der Waals surface area (Å²) in [4.78, 5) is 0. The lowest BCUT2D eigenvalue weighted by atomic mass is 9.96. The summed E-state index contributed by atoms with van der Waals surface area (Å²) in [5, 5.41) is 3.32. The summed E-state index contributed by atoms with van der Waals surface area (Å²) in [6, 6.07) is 13.8. The normalized spacial score (nSPS) is 11.8. The van der Waals surface area contributed by atoms with Crippen molar-refractivity contribution in [3.05, 3.63) is 53.6 Å². The van der Waals surface area contributed by atoms with Crippen LogP contribution in [0.5, 0.6) is 17.2 Å². The number of hydrogen-bond donors (Lipinski definition) is 1. The van der Waals surface area contributed by atoms with E-state index in [9.17, 15) is 0 Å². The van der Waals surface area contributed by atoms with Crippen molar-refractivity contribution in [1.82, 2.24) is 5.32 Å². The SMILES string of the molecule is CNC(c1ccccc1OC)c1cccc(OC)c1OC. The van der Waals surface area contributed by atoms with E-state index < -0.39 is 0 Å². The fourth-order valence-electron chi connectivity index (χ4n) is 2.52. The van der Waals surface area contributed by atoms with Crippen LogP contribution in [-0.2, 0) is 0 Å². The van der Waals surface area contributed by atoms with E-state index in [0.717, 1.165) is 22.6 Å². The second kappa shape index (κ2) is 6.99. The van der Waals surface area contributed by atoms with Crippen LogP contribution in [-0.4, -0.2) is 28.4 Å². The molecule has 112 valence electrons. The first-order valence-electron chi connectivity index (χ1n) is 6.77. The van der Waals surface area contributed by atoms with Crippen molar-refractivity contribution < 1.29 is 14.2 Å². The van der Waals surface area contributed by atoms with Crippen LogP contribution in [0.3, 0.4) is 0 Å². The largest absolute Gasteiger partial charge is 0.496 e. The van der Waals surface area contributed by atoms with Crippen LogP contribution in [0.15, 0.2) is 42.5 Å². The summed E-state index contributed by atoms with van der Waals surface area (Å²) >= 11 is 0. The van der Waals surface area contributed by atoms with E-state index in [1.165, 1.54) is 0 Å². The summed E-state index contributed by atoms with van der Waals surface area (Å²) < 4.78 is 16.4. The molecule has 4 heteroatoms. The molecule has 2 aromatic carbocycles. The Balaban J connectivity index is 2.56. The Bertz CT molecular complexity index is 598. The Morgan fingerprint density at radius 2 is 1.38 bits per heavy atom. The number of hydrogen-bond acceptors (Lipinski definition) is 4. The molecular weight excluding hydrogens is 266 g/mol. The van der Waals surface area contributed by atoms with Crippen LogP contribution in [0.1, 0.15) is 17.2 Å². The van der Waals surface area contributed by atoms with Crippen molar-refractivity contribution in [2.24, 2.45) is 0 Å². The molecule has 0 aliphatic heterocycles. The predicted molar refractivity (Wildman–Crippen MR) is 83.4 cm³/mol. The Kier molecular flexibility index (Phi) is 5.06. The molecule has 0 spiro atoms. The van der Waals surface area contributed by atoms with Gasteiger partial charge in [-0.25, -0.2) is 0 Å². The molecule has 4 nitrogen and oxygen atoms in total. The summed E-state index contributed by atoms with van der Waals surface area (Å²) in [6.45, 7) is 0. The van der Waals surface area contributed by atoms with Gasteiger partial charge in [0, 0.05) is 11.1 Å². The number of benzene rings is 2. The molecule has 0 aliphatic rings. The Morgan fingerprint density at radius 3 is 2.00 bits per heavy atom. The molecule has 1 N–H and O–H groups in total. The molecule has 0 fully saturated rings. The van der Waals surface area contributed by atoms with Crippen LogP contribution >= 0.6 is 0 Å². The molecule has 0 aromatic heterocycles. The first-order valence-corrected chi connectivity index (χ1v) is 6.77. The van der Waals surface area contributed by atoms with Crippen molar-refractivity contribution in [2.75, 3.05) is 28.4 Å². The Hall–Kier alpha value is -2.20. The minimum atomic E-state index is -0.0498. The second-order valence-corrected chi connectivity index (χ2v) is 4.55. The number of rotatable bonds is 6. The molecular formula is C17H21NO3. The maximum Gasteiger partial charge on any atom is 0.165 e. The van der Waals surface area contributed by atoms with Gasteiger partial charge in [0.1, 0.15) is 5.75 Å². The van der Waals surface area contributed by atoms with Gasteiger partial charge < -0.3 is 19.5 Å². The van der Waals surface area contributed by atoms with Crippen molar-refractivity contribution in [3.63, 3.8) is 0 Å². The average molecular weight is 287 g/mol. The molecule has 21 heavy (non-hydrogen) atoms. The topological polar surface area (TPSA) is 39.7 Å². The van der Waals surface area contributed by atoms with Gasteiger partial charge in [-0.1, -0.05) is 30.3 Å². The van der Waals surface area contributed by atoms with Gasteiger partial charge in [-0.05, 0) is 19.2 Å². The number of methoxy groups -OCH3 is 3. The van der Waals surface area contributed by atoms with E-state index >= 15 is 0 Å². The Morgan fingerprint density at radius 1 is 0.762 bits per heavy atom. The Labute approximate surface area is 125 Å². The highest BCUT2D eigenvalue weighted by molar-refractivity contribution is 5.52. The van der Waals surface area contributed by atoms with Crippen LogP contribution in [0, 0.1) is 0 Å². The lowest BCUT2D eigenvalue weighted by Crippen LogP contribution is -2.19. The smallest absolute Gasteiger partial charge is 0.165 e. The van der Waals surface area contributed by atoms with Gasteiger partial charge in [-0.3, -0.25) is 0 Å². The number of nitrogens with one attached hydrogen (secondary N) is 1. The van der Waals surface area contributed by atoms with E-state index in [0.29, 0.717) is 5.75 Å². The quantitative estimate of drug-likeness (QED) is 0.886. The summed E-state index contributed by atoms with van der Waals surface area (Å²) in [5.74, 6) is 2.28. The fourth-order valence-corrected chi connectivity index (χ4v) is 2.52. The lowest BCUT2D eigenvalue weighted by Gasteiger charge is -2.22. The van der Waals surface area contributed by atoms with E-state index in [-0.39, 0.29) is 6.04 Å². The van der Waals surface area contributed by atoms with E-state index in [1.807, 2.05) is 49.5 Å². The molecule has 0 bridgehead atoms. The first kappa shape index (κ1) is 15.2. The molecule has 0 heterocycles. The van der Waals surface area contributed by atoms with Crippen LogP contribution in [0.25, 0.3) is 0 Å². The first-order chi connectivity index (χ1) is 10.3. The van der Waals surface area contributed by atoms with Gasteiger partial charge in [0.05, 0.1) is 27.4 Å². The van der Waals surface area contributed by atoms with Crippen LogP contribution in [0.4, 0.5) is 0 Å². The highest BCUT2D eigenvalue weighted by Gasteiger charge is 2.21. The van der Waals surface area contributed by atoms with Crippen molar-refractivity contribution in [3.8, 4) is 17.2 Å². The molecule has 0 aliphatic carbocycles. The second-order valence-electron chi connectivity index (χ2n) is 4.55. The van der Waals surface area contributed by atoms with E-state index in [1.54, 1.807) is 21.3 Å².